The lowest BCUT2D eigenvalue weighted by Gasteiger charge is -1.98. The molecule has 4 heteroatoms. The zero-order valence-corrected chi connectivity index (χ0v) is 6.77. The Morgan fingerprint density at radius 2 is 2.50 bits per heavy atom. The highest BCUT2D eigenvalue weighted by Crippen LogP contribution is 1.78. The van der Waals surface area contributed by atoms with Gasteiger partial charge in [-0.25, -0.2) is 4.79 Å². The highest BCUT2D eigenvalue weighted by molar-refractivity contribution is 14.1. The van der Waals surface area contributed by atoms with Crippen molar-refractivity contribution in [1.82, 2.24) is 5.32 Å². The second kappa shape index (κ2) is 5.14. The molecule has 0 spiro atoms. The minimum Gasteiger partial charge on any atom is -0.450 e. The summed E-state index contributed by atoms with van der Waals surface area (Å²) >= 11 is 2.03. The number of amides is 1. The van der Waals surface area contributed by atoms with E-state index in [1.807, 2.05) is 22.6 Å². The topological polar surface area (TPSA) is 38.3 Å². The molecule has 0 bridgehead atoms. The summed E-state index contributed by atoms with van der Waals surface area (Å²) in [7, 11) is 0. The number of halogens is 1. The number of nitrogens with one attached hydrogen (secondary N) is 1. The molecule has 0 aromatic rings. The van der Waals surface area contributed by atoms with Crippen molar-refractivity contribution in [3.63, 3.8) is 0 Å². The summed E-state index contributed by atoms with van der Waals surface area (Å²) in [6.45, 7) is 2.20. The molecule has 0 rings (SSSR count). The van der Waals surface area contributed by atoms with Gasteiger partial charge in [-0.05, 0) is 6.92 Å². The minimum absolute atomic E-state index is 0.345. The number of hydrogen-bond acceptors (Lipinski definition) is 2. The van der Waals surface area contributed by atoms with E-state index in [2.05, 4.69) is 10.1 Å². The van der Waals surface area contributed by atoms with Crippen LogP contribution in [0.5, 0.6) is 0 Å². The number of alkyl carbamates (subject to hydrolysis) is 1. The van der Waals surface area contributed by atoms with Gasteiger partial charge in [-0.1, -0.05) is 22.6 Å². The van der Waals surface area contributed by atoms with Crippen LogP contribution in [0.1, 0.15) is 6.92 Å². The maximum absolute atomic E-state index is 10.3. The molecule has 0 aromatic carbocycles. The van der Waals surface area contributed by atoms with E-state index in [1.165, 1.54) is 0 Å². The predicted octanol–water partition coefficient (Wildman–Crippen LogP) is 1.12. The van der Waals surface area contributed by atoms with Crippen molar-refractivity contribution in [2.45, 2.75) is 6.92 Å². The van der Waals surface area contributed by atoms with Crippen LogP contribution < -0.4 is 5.32 Å². The molecular weight excluding hydrogens is 221 g/mol. The summed E-state index contributed by atoms with van der Waals surface area (Å²) in [6.07, 6.45) is -0.345. The molecule has 0 aliphatic rings. The SMILES string of the molecule is CCOC(=O)NCI. The van der Waals surface area contributed by atoms with Crippen LogP contribution in [-0.4, -0.2) is 17.3 Å². The van der Waals surface area contributed by atoms with Crippen LogP contribution in [0.25, 0.3) is 0 Å². The molecule has 0 heterocycles. The second-order valence-corrected chi connectivity index (χ2v) is 1.79. The Morgan fingerprint density at radius 1 is 1.88 bits per heavy atom. The smallest absolute Gasteiger partial charge is 0.407 e. The maximum Gasteiger partial charge on any atom is 0.407 e. The van der Waals surface area contributed by atoms with Gasteiger partial charge in [-0.2, -0.15) is 0 Å². The third kappa shape index (κ3) is 4.17. The number of alkyl halides is 1. The Hall–Kier alpha value is 0. The number of carbonyl (C=O) groups is 1. The third-order valence-electron chi connectivity index (χ3n) is 0.487. The molecule has 0 saturated carbocycles. The van der Waals surface area contributed by atoms with Crippen LogP contribution in [0.4, 0.5) is 4.79 Å². The van der Waals surface area contributed by atoms with Gasteiger partial charge in [0.2, 0.25) is 0 Å². The van der Waals surface area contributed by atoms with E-state index in [0.717, 1.165) is 0 Å². The molecule has 1 N–H and O–H groups in total. The maximum atomic E-state index is 10.3. The average molecular weight is 229 g/mol. The molecule has 0 aromatic heterocycles. The molecule has 3 nitrogen and oxygen atoms in total. The number of rotatable bonds is 2. The lowest BCUT2D eigenvalue weighted by atomic mass is 10.9. The van der Waals surface area contributed by atoms with Crippen LogP contribution in [0.3, 0.4) is 0 Å². The van der Waals surface area contributed by atoms with Gasteiger partial charge < -0.3 is 10.1 Å². The molecule has 1 amide bonds. The number of ether oxygens (including phenoxy) is 1. The van der Waals surface area contributed by atoms with E-state index >= 15 is 0 Å². The fourth-order valence-electron chi connectivity index (χ4n) is 0.237. The van der Waals surface area contributed by atoms with Crippen LogP contribution >= 0.6 is 22.6 Å². The normalized spacial score (nSPS) is 8.25. The van der Waals surface area contributed by atoms with Crippen molar-refractivity contribution >= 4 is 28.7 Å². The van der Waals surface area contributed by atoms with Gasteiger partial charge >= 0.3 is 6.09 Å². The van der Waals surface area contributed by atoms with Gasteiger partial charge in [-0.15, -0.1) is 0 Å². The molecule has 0 aliphatic carbocycles. The standard InChI is InChI=1S/C4H8INO2/c1-2-8-4(7)6-3-5/h2-3H2,1H3,(H,6,7). The molecule has 0 atom stereocenters. The van der Waals surface area contributed by atoms with Crippen LogP contribution in [0.15, 0.2) is 0 Å². The van der Waals surface area contributed by atoms with Gasteiger partial charge in [0.05, 0.1) is 11.2 Å². The Bertz CT molecular complexity index is 68.4. The van der Waals surface area contributed by atoms with Gasteiger partial charge in [0.25, 0.3) is 0 Å². The summed E-state index contributed by atoms with van der Waals surface area (Å²) in [5.74, 6) is 0. The highest BCUT2D eigenvalue weighted by Gasteiger charge is 1.93. The summed E-state index contributed by atoms with van der Waals surface area (Å²) in [6, 6.07) is 0. The van der Waals surface area contributed by atoms with Crippen LogP contribution in [-0.2, 0) is 4.74 Å². The fourth-order valence-corrected chi connectivity index (χ4v) is 0.548. The Balaban J connectivity index is 3.06. The van der Waals surface area contributed by atoms with Crippen molar-refractivity contribution in [2.75, 3.05) is 11.2 Å². The molecular formula is C4H8INO2. The van der Waals surface area contributed by atoms with E-state index in [-0.39, 0.29) is 6.09 Å². The third-order valence-corrected chi connectivity index (χ3v) is 0.868. The molecule has 48 valence electrons. The molecule has 0 aliphatic heterocycles. The van der Waals surface area contributed by atoms with E-state index < -0.39 is 0 Å². The van der Waals surface area contributed by atoms with E-state index in [4.69, 9.17) is 0 Å². The quantitative estimate of drug-likeness (QED) is 0.437. The first kappa shape index (κ1) is 8.00. The fraction of sp³-hybridized carbons (Fsp3) is 0.750. The van der Waals surface area contributed by atoms with Gasteiger partial charge in [0.1, 0.15) is 0 Å². The Labute approximate surface area is 61.9 Å². The minimum atomic E-state index is -0.345. The van der Waals surface area contributed by atoms with Crippen LogP contribution in [0, 0.1) is 0 Å². The van der Waals surface area contributed by atoms with Gasteiger partial charge in [-0.3, -0.25) is 0 Å². The van der Waals surface area contributed by atoms with Crippen molar-refractivity contribution in [3.8, 4) is 0 Å². The molecule has 0 fully saturated rings. The monoisotopic (exact) mass is 229 g/mol. The largest absolute Gasteiger partial charge is 0.450 e. The Kier molecular flexibility index (Phi) is 5.14. The lowest BCUT2D eigenvalue weighted by Crippen LogP contribution is -2.21. The van der Waals surface area contributed by atoms with Crippen molar-refractivity contribution in [2.24, 2.45) is 0 Å². The van der Waals surface area contributed by atoms with Crippen molar-refractivity contribution < 1.29 is 9.53 Å². The number of hydrogen-bond donors (Lipinski definition) is 1. The van der Waals surface area contributed by atoms with Crippen molar-refractivity contribution in [1.29, 1.82) is 0 Å². The molecule has 0 unspecified atom stereocenters. The second-order valence-electron chi connectivity index (χ2n) is 1.03. The zero-order chi connectivity index (χ0) is 6.41. The van der Waals surface area contributed by atoms with Gasteiger partial charge in [0.15, 0.2) is 0 Å². The van der Waals surface area contributed by atoms with Gasteiger partial charge in [0, 0.05) is 0 Å². The number of carbonyl (C=O) groups excluding carboxylic acids is 1. The van der Waals surface area contributed by atoms with Crippen LogP contribution in [0.2, 0.25) is 0 Å². The van der Waals surface area contributed by atoms with E-state index in [9.17, 15) is 4.79 Å². The highest BCUT2D eigenvalue weighted by atomic mass is 127. The van der Waals surface area contributed by atoms with E-state index in [1.54, 1.807) is 6.92 Å². The lowest BCUT2D eigenvalue weighted by molar-refractivity contribution is 0.154. The Morgan fingerprint density at radius 3 is 2.88 bits per heavy atom. The summed E-state index contributed by atoms with van der Waals surface area (Å²) in [4.78, 5) is 10.3. The first-order valence-corrected chi connectivity index (χ1v) is 3.80. The zero-order valence-electron chi connectivity index (χ0n) is 4.61. The summed E-state index contributed by atoms with van der Waals surface area (Å²) < 4.78 is 5.12. The van der Waals surface area contributed by atoms with Crippen molar-refractivity contribution in [3.05, 3.63) is 0 Å². The first-order valence-electron chi connectivity index (χ1n) is 2.27. The molecule has 8 heavy (non-hydrogen) atoms. The average Bonchev–Trinajstić information content (AvgIpc) is 1.68. The molecule has 0 saturated heterocycles. The van der Waals surface area contributed by atoms with E-state index in [0.29, 0.717) is 11.2 Å². The summed E-state index contributed by atoms with van der Waals surface area (Å²) in [5.41, 5.74) is 0. The predicted molar refractivity (Wildman–Crippen MR) is 39.0 cm³/mol. The first-order chi connectivity index (χ1) is 3.81. The molecule has 0 radical (unpaired) electrons. The summed E-state index contributed by atoms with van der Waals surface area (Å²) in [5, 5.41) is 2.47.